The van der Waals surface area contributed by atoms with E-state index in [1.807, 2.05) is 67.1 Å². The number of benzene rings is 5. The Kier molecular flexibility index (Phi) is 7.51. The molecule has 0 radical (unpaired) electrons. The van der Waals surface area contributed by atoms with Crippen LogP contribution in [0.25, 0.3) is 50.8 Å². The minimum atomic E-state index is 0.760. The van der Waals surface area contributed by atoms with Gasteiger partial charge in [-0.1, -0.05) is 77.9 Å². The number of nitrogens with zero attached hydrogens (tertiary/aromatic N) is 6. The Morgan fingerprint density at radius 1 is 0.458 bits per heavy atom. The molecule has 3 heterocycles. The Morgan fingerprint density at radius 3 is 1.56 bits per heavy atom. The quantitative estimate of drug-likeness (QED) is 0.177. The van der Waals surface area contributed by atoms with Crippen LogP contribution < -0.4 is 4.90 Å². The maximum Gasteiger partial charge on any atom is 0.164 e. The van der Waals surface area contributed by atoms with E-state index >= 15 is 0 Å². The first-order chi connectivity index (χ1) is 23.6. The van der Waals surface area contributed by atoms with Gasteiger partial charge in [0.25, 0.3) is 0 Å². The van der Waals surface area contributed by atoms with E-state index in [0.29, 0.717) is 0 Å². The van der Waals surface area contributed by atoms with E-state index in [9.17, 15) is 0 Å². The van der Waals surface area contributed by atoms with Crippen molar-refractivity contribution in [2.24, 2.45) is 0 Å². The number of hydrogen-bond donors (Lipinski definition) is 0. The van der Waals surface area contributed by atoms with E-state index in [-0.39, 0.29) is 0 Å². The van der Waals surface area contributed by atoms with Crippen LogP contribution >= 0.6 is 0 Å². The zero-order valence-electron chi connectivity index (χ0n) is 26.7. The Bertz CT molecular complexity index is 2260. The first-order valence-corrected chi connectivity index (χ1v) is 16.0. The van der Waals surface area contributed by atoms with Crippen molar-refractivity contribution < 1.29 is 0 Å². The van der Waals surface area contributed by atoms with Crippen molar-refractivity contribution in [2.75, 3.05) is 4.90 Å². The van der Waals surface area contributed by atoms with E-state index in [1.54, 1.807) is 0 Å². The number of aromatic nitrogens is 5. The lowest BCUT2D eigenvalue weighted by Gasteiger charge is -2.26. The second-order valence-corrected chi connectivity index (χ2v) is 11.9. The lowest BCUT2D eigenvalue weighted by Crippen LogP contribution is -2.09. The van der Waals surface area contributed by atoms with E-state index in [4.69, 9.17) is 19.9 Å². The molecular formula is C42H32N6. The highest BCUT2D eigenvalue weighted by molar-refractivity contribution is 5.83. The number of rotatable bonds is 7. The second kappa shape index (κ2) is 12.4. The number of aryl methyl sites for hydroxylation is 2. The predicted octanol–water partition coefficient (Wildman–Crippen LogP) is 10.3. The zero-order chi connectivity index (χ0) is 32.5. The summed E-state index contributed by atoms with van der Waals surface area (Å²) in [7, 11) is 0. The summed E-state index contributed by atoms with van der Waals surface area (Å²) in [4.78, 5) is 21.6. The largest absolute Gasteiger partial charge is 0.311 e. The van der Waals surface area contributed by atoms with E-state index in [2.05, 4.69) is 114 Å². The average Bonchev–Trinajstić information content (AvgIpc) is 3.54. The molecule has 230 valence electrons. The summed E-state index contributed by atoms with van der Waals surface area (Å²) in [5, 5.41) is 0. The maximum absolute atomic E-state index is 4.93. The molecule has 0 saturated heterocycles. The first-order valence-electron chi connectivity index (χ1n) is 16.0. The van der Waals surface area contributed by atoms with Gasteiger partial charge in [0.1, 0.15) is 5.69 Å². The lowest BCUT2D eigenvalue weighted by atomic mass is 10.1. The van der Waals surface area contributed by atoms with Crippen molar-refractivity contribution in [2.45, 2.75) is 13.8 Å². The molecular weight excluding hydrogens is 589 g/mol. The highest BCUT2D eigenvalue weighted by Crippen LogP contribution is 2.36. The van der Waals surface area contributed by atoms with Gasteiger partial charge in [-0.2, -0.15) is 0 Å². The third-order valence-electron chi connectivity index (χ3n) is 8.52. The van der Waals surface area contributed by atoms with E-state index in [0.717, 1.165) is 67.8 Å². The molecule has 0 saturated carbocycles. The van der Waals surface area contributed by atoms with Crippen LogP contribution in [0.1, 0.15) is 11.1 Å². The summed E-state index contributed by atoms with van der Waals surface area (Å²) in [5.74, 6) is 0.794. The Hall–Kier alpha value is -6.40. The van der Waals surface area contributed by atoms with Gasteiger partial charge in [0.05, 0.1) is 34.8 Å². The highest BCUT2D eigenvalue weighted by Gasteiger charge is 2.16. The SMILES string of the molecule is Cc1ccc(N(c2ccc(C)cc2)c2ccc(-c3cnc(-c4ccc(-c5nc6ccccc6n5-c5ccccc5)nc4)cn3)cc2)cc1. The minimum absolute atomic E-state index is 0.760. The molecule has 0 atom stereocenters. The zero-order valence-corrected chi connectivity index (χ0v) is 26.7. The third-order valence-corrected chi connectivity index (χ3v) is 8.52. The third kappa shape index (κ3) is 5.60. The fraction of sp³-hybridized carbons (Fsp3) is 0.0476. The van der Waals surface area contributed by atoms with Gasteiger partial charge >= 0.3 is 0 Å². The normalized spacial score (nSPS) is 11.1. The summed E-state index contributed by atoms with van der Waals surface area (Å²) in [5.41, 5.74) is 13.0. The molecule has 6 heteroatoms. The monoisotopic (exact) mass is 620 g/mol. The van der Waals surface area contributed by atoms with Gasteiger partial charge in [0.15, 0.2) is 5.82 Å². The molecule has 48 heavy (non-hydrogen) atoms. The highest BCUT2D eigenvalue weighted by atomic mass is 15.1. The summed E-state index contributed by atoms with van der Waals surface area (Å²) in [6, 6.07) is 48.1. The lowest BCUT2D eigenvalue weighted by molar-refractivity contribution is 1.08. The number of fused-ring (bicyclic) bond motifs is 1. The molecule has 0 fully saturated rings. The molecule has 0 unspecified atom stereocenters. The van der Waals surface area contributed by atoms with Crippen LogP contribution in [0, 0.1) is 13.8 Å². The molecule has 0 amide bonds. The summed E-state index contributed by atoms with van der Waals surface area (Å²) in [6.07, 6.45) is 5.47. The van der Waals surface area contributed by atoms with Crippen molar-refractivity contribution in [1.82, 2.24) is 24.5 Å². The molecule has 0 aliphatic heterocycles. The first kappa shape index (κ1) is 29.0. The van der Waals surface area contributed by atoms with Crippen molar-refractivity contribution in [3.8, 4) is 39.7 Å². The van der Waals surface area contributed by atoms with Crippen LogP contribution in [0.5, 0.6) is 0 Å². The second-order valence-electron chi connectivity index (χ2n) is 11.9. The van der Waals surface area contributed by atoms with E-state index in [1.165, 1.54) is 11.1 Å². The van der Waals surface area contributed by atoms with Gasteiger partial charge in [0.2, 0.25) is 0 Å². The Balaban J connectivity index is 1.05. The van der Waals surface area contributed by atoms with E-state index < -0.39 is 0 Å². The van der Waals surface area contributed by atoms with Crippen molar-refractivity contribution in [1.29, 1.82) is 0 Å². The molecule has 8 aromatic rings. The van der Waals surface area contributed by atoms with Crippen LogP contribution in [-0.2, 0) is 0 Å². The van der Waals surface area contributed by atoms with Crippen LogP contribution in [0.2, 0.25) is 0 Å². The topological polar surface area (TPSA) is 59.7 Å². The molecule has 6 nitrogen and oxygen atoms in total. The summed E-state index contributed by atoms with van der Waals surface area (Å²) in [6.45, 7) is 4.22. The predicted molar refractivity (Wildman–Crippen MR) is 195 cm³/mol. The molecule has 5 aromatic carbocycles. The number of hydrogen-bond acceptors (Lipinski definition) is 5. The smallest absolute Gasteiger partial charge is 0.164 e. The van der Waals surface area contributed by atoms with Crippen LogP contribution in [0.4, 0.5) is 17.1 Å². The molecule has 8 rings (SSSR count). The number of pyridine rings is 1. The Morgan fingerprint density at radius 2 is 0.979 bits per heavy atom. The van der Waals surface area contributed by atoms with Crippen LogP contribution in [0.3, 0.4) is 0 Å². The Labute approximate surface area is 279 Å². The number of anilines is 3. The van der Waals surface area contributed by atoms with Crippen molar-refractivity contribution >= 4 is 28.1 Å². The standard InChI is InChI=1S/C42H32N6/c1-29-12-19-34(20-13-29)47(35-21-14-30(2)15-22-35)36-23-16-31(17-24-36)39-27-45-40(28-44-39)32-18-25-38(43-26-32)42-46-37-10-6-7-11-41(37)48(42)33-8-4-3-5-9-33/h3-28H,1-2H3. The number of para-hydroxylation sites is 3. The molecule has 0 aliphatic rings. The molecule has 0 aliphatic carbocycles. The number of imidazole rings is 1. The van der Waals surface area contributed by atoms with Crippen LogP contribution in [0.15, 0.2) is 158 Å². The fourth-order valence-electron chi connectivity index (χ4n) is 5.96. The van der Waals surface area contributed by atoms with Gasteiger partial charge in [-0.3, -0.25) is 19.5 Å². The van der Waals surface area contributed by atoms with Gasteiger partial charge in [-0.05, 0) is 86.6 Å². The fourth-order valence-corrected chi connectivity index (χ4v) is 5.96. The van der Waals surface area contributed by atoms with Gasteiger partial charge < -0.3 is 4.90 Å². The molecule has 0 spiro atoms. The average molecular weight is 621 g/mol. The molecule has 3 aromatic heterocycles. The van der Waals surface area contributed by atoms with Gasteiger partial charge in [0, 0.05) is 40.1 Å². The van der Waals surface area contributed by atoms with Gasteiger partial charge in [-0.25, -0.2) is 4.98 Å². The maximum atomic E-state index is 4.93. The summed E-state index contributed by atoms with van der Waals surface area (Å²) >= 11 is 0. The summed E-state index contributed by atoms with van der Waals surface area (Å²) < 4.78 is 2.15. The molecule has 0 N–H and O–H groups in total. The van der Waals surface area contributed by atoms with Gasteiger partial charge in [-0.15, -0.1) is 0 Å². The van der Waals surface area contributed by atoms with Crippen molar-refractivity contribution in [3.63, 3.8) is 0 Å². The van der Waals surface area contributed by atoms with Crippen molar-refractivity contribution in [3.05, 3.63) is 169 Å². The minimum Gasteiger partial charge on any atom is -0.311 e. The van der Waals surface area contributed by atoms with Crippen LogP contribution in [-0.4, -0.2) is 24.5 Å². The molecule has 0 bridgehead atoms.